The monoisotopic (exact) mass is 237 g/mol. The molecule has 2 aliphatic rings. The van der Waals surface area contributed by atoms with Crippen LogP contribution in [0.1, 0.15) is 18.4 Å². The molecule has 0 aromatic heterocycles. The summed E-state index contributed by atoms with van der Waals surface area (Å²) in [6, 6.07) is 4.94. The van der Waals surface area contributed by atoms with Crippen molar-refractivity contribution in [2.45, 2.75) is 31.7 Å². The molecule has 3 rings (SSSR count). The Kier molecular flexibility index (Phi) is 2.76. The summed E-state index contributed by atoms with van der Waals surface area (Å²) in [4.78, 5) is 2.06. The number of anilines is 1. The lowest BCUT2D eigenvalue weighted by molar-refractivity contribution is 0.0303. The van der Waals surface area contributed by atoms with Crippen LogP contribution in [0.15, 0.2) is 18.2 Å². The molecule has 17 heavy (non-hydrogen) atoms. The first-order valence-corrected chi connectivity index (χ1v) is 6.06. The summed E-state index contributed by atoms with van der Waals surface area (Å²) in [7, 11) is 0. The lowest BCUT2D eigenvalue weighted by Gasteiger charge is -2.34. The number of morpholine rings is 1. The van der Waals surface area contributed by atoms with E-state index < -0.39 is 0 Å². The molecule has 2 unspecified atom stereocenters. The van der Waals surface area contributed by atoms with Crippen LogP contribution < -0.4 is 4.90 Å². The second kappa shape index (κ2) is 4.27. The van der Waals surface area contributed by atoms with Crippen LogP contribution in [0.2, 0.25) is 0 Å². The largest absolute Gasteiger partial charge is 0.392 e. The van der Waals surface area contributed by atoms with Crippen LogP contribution >= 0.6 is 0 Å². The average Bonchev–Trinajstić information content (AvgIpc) is 2.68. The Balaban J connectivity index is 1.84. The molecule has 4 heteroatoms. The van der Waals surface area contributed by atoms with E-state index in [-0.39, 0.29) is 24.6 Å². The van der Waals surface area contributed by atoms with Crippen LogP contribution in [0.5, 0.6) is 0 Å². The minimum Gasteiger partial charge on any atom is -0.392 e. The van der Waals surface area contributed by atoms with Crippen molar-refractivity contribution < 1.29 is 14.2 Å². The molecule has 3 nitrogen and oxygen atoms in total. The molecule has 0 radical (unpaired) electrons. The Morgan fingerprint density at radius 3 is 2.59 bits per heavy atom. The molecule has 0 aliphatic carbocycles. The van der Waals surface area contributed by atoms with Gasteiger partial charge in [-0.1, -0.05) is 6.07 Å². The smallest absolute Gasteiger partial charge is 0.146 e. The zero-order chi connectivity index (χ0) is 11.8. The zero-order valence-electron chi connectivity index (χ0n) is 9.60. The molecule has 1 N–H and O–H groups in total. The third kappa shape index (κ3) is 2.03. The average molecular weight is 237 g/mol. The fourth-order valence-corrected chi connectivity index (χ4v) is 2.72. The Labute approximate surface area is 99.8 Å². The van der Waals surface area contributed by atoms with Crippen molar-refractivity contribution in [1.29, 1.82) is 0 Å². The van der Waals surface area contributed by atoms with Gasteiger partial charge in [-0.05, 0) is 30.5 Å². The van der Waals surface area contributed by atoms with Crippen molar-refractivity contribution in [3.63, 3.8) is 0 Å². The molecule has 2 fully saturated rings. The highest BCUT2D eigenvalue weighted by molar-refractivity contribution is 5.50. The van der Waals surface area contributed by atoms with Crippen molar-refractivity contribution in [3.05, 3.63) is 29.6 Å². The maximum Gasteiger partial charge on any atom is 0.146 e. The maximum atomic E-state index is 13.9. The summed E-state index contributed by atoms with van der Waals surface area (Å²) in [5.74, 6) is -0.252. The number of nitrogens with zero attached hydrogens (tertiary/aromatic N) is 1. The highest BCUT2D eigenvalue weighted by Gasteiger charge is 2.34. The van der Waals surface area contributed by atoms with E-state index in [4.69, 9.17) is 9.84 Å². The highest BCUT2D eigenvalue weighted by atomic mass is 19.1. The van der Waals surface area contributed by atoms with Gasteiger partial charge in [0.2, 0.25) is 0 Å². The van der Waals surface area contributed by atoms with Gasteiger partial charge in [0.15, 0.2) is 0 Å². The maximum absolute atomic E-state index is 13.9. The number of halogens is 1. The standard InChI is InChI=1S/C13H16FNO2/c14-12-5-9(8-16)1-4-13(12)15-6-10-2-3-11(7-15)17-10/h1,4-5,10-11,16H,2-3,6-8H2. The number of hydrogen-bond donors (Lipinski definition) is 1. The van der Waals surface area contributed by atoms with Gasteiger partial charge in [-0.3, -0.25) is 0 Å². The molecule has 0 saturated carbocycles. The first kappa shape index (κ1) is 11.0. The van der Waals surface area contributed by atoms with Gasteiger partial charge in [0.1, 0.15) is 5.82 Å². The predicted octanol–water partition coefficient (Wildman–Crippen LogP) is 1.69. The van der Waals surface area contributed by atoms with Crippen molar-refractivity contribution >= 4 is 5.69 Å². The van der Waals surface area contributed by atoms with E-state index in [2.05, 4.69) is 4.90 Å². The van der Waals surface area contributed by atoms with Gasteiger partial charge in [-0.25, -0.2) is 4.39 Å². The summed E-state index contributed by atoms with van der Waals surface area (Å²) in [5.41, 5.74) is 1.24. The van der Waals surface area contributed by atoms with Gasteiger partial charge in [0.05, 0.1) is 24.5 Å². The first-order valence-electron chi connectivity index (χ1n) is 6.06. The van der Waals surface area contributed by atoms with Crippen LogP contribution in [-0.4, -0.2) is 30.4 Å². The molecule has 2 saturated heterocycles. The Morgan fingerprint density at radius 2 is 2.00 bits per heavy atom. The van der Waals surface area contributed by atoms with Gasteiger partial charge in [0, 0.05) is 13.1 Å². The number of fused-ring (bicyclic) bond motifs is 2. The van der Waals surface area contributed by atoms with Crippen molar-refractivity contribution in [2.24, 2.45) is 0 Å². The summed E-state index contributed by atoms with van der Waals surface area (Å²) >= 11 is 0. The van der Waals surface area contributed by atoms with Crippen LogP contribution in [-0.2, 0) is 11.3 Å². The van der Waals surface area contributed by atoms with Gasteiger partial charge in [-0.15, -0.1) is 0 Å². The minimum atomic E-state index is -0.252. The quantitative estimate of drug-likeness (QED) is 0.849. The third-order valence-electron chi connectivity index (χ3n) is 3.58. The summed E-state index contributed by atoms with van der Waals surface area (Å²) in [5, 5.41) is 8.96. The van der Waals surface area contributed by atoms with Crippen molar-refractivity contribution in [2.75, 3.05) is 18.0 Å². The van der Waals surface area contributed by atoms with Crippen LogP contribution in [0.3, 0.4) is 0 Å². The summed E-state index contributed by atoms with van der Waals surface area (Å²) < 4.78 is 19.6. The van der Waals surface area contributed by atoms with Crippen molar-refractivity contribution in [1.82, 2.24) is 0 Å². The van der Waals surface area contributed by atoms with E-state index >= 15 is 0 Å². The molecule has 2 heterocycles. The Hall–Kier alpha value is -1.13. The number of benzene rings is 1. The van der Waals surface area contributed by atoms with E-state index in [1.807, 2.05) is 0 Å². The molecule has 1 aromatic rings. The highest BCUT2D eigenvalue weighted by Crippen LogP contribution is 2.31. The molecule has 92 valence electrons. The third-order valence-corrected chi connectivity index (χ3v) is 3.58. The van der Waals surface area contributed by atoms with E-state index in [9.17, 15) is 4.39 Å². The summed E-state index contributed by atoms with van der Waals surface area (Å²) in [6.07, 6.45) is 2.67. The van der Waals surface area contributed by atoms with E-state index in [1.165, 1.54) is 6.07 Å². The lowest BCUT2D eigenvalue weighted by Crippen LogP contribution is -2.43. The molecular weight excluding hydrogens is 221 g/mol. The van der Waals surface area contributed by atoms with Crippen LogP contribution in [0.25, 0.3) is 0 Å². The van der Waals surface area contributed by atoms with E-state index in [0.29, 0.717) is 11.3 Å². The molecular formula is C13H16FNO2. The Bertz CT molecular complexity index is 412. The van der Waals surface area contributed by atoms with E-state index in [1.54, 1.807) is 12.1 Å². The zero-order valence-corrected chi connectivity index (χ0v) is 9.60. The summed E-state index contributed by atoms with van der Waals surface area (Å²) in [6.45, 7) is 1.42. The first-order chi connectivity index (χ1) is 8.26. The van der Waals surface area contributed by atoms with Gasteiger partial charge >= 0.3 is 0 Å². The molecule has 0 amide bonds. The normalized spacial score (nSPS) is 27.5. The lowest BCUT2D eigenvalue weighted by atomic mass is 10.1. The molecule has 2 bridgehead atoms. The SMILES string of the molecule is OCc1ccc(N2CC3CCC(C2)O3)c(F)c1. The number of hydrogen-bond acceptors (Lipinski definition) is 3. The number of aliphatic hydroxyl groups is 1. The number of aliphatic hydroxyl groups excluding tert-OH is 1. The molecule has 2 atom stereocenters. The van der Waals surface area contributed by atoms with Gasteiger partial charge in [-0.2, -0.15) is 0 Å². The molecule has 2 aliphatic heterocycles. The second-order valence-corrected chi connectivity index (χ2v) is 4.81. The van der Waals surface area contributed by atoms with E-state index in [0.717, 1.165) is 25.9 Å². The molecule has 1 aromatic carbocycles. The fraction of sp³-hybridized carbons (Fsp3) is 0.538. The number of rotatable bonds is 2. The second-order valence-electron chi connectivity index (χ2n) is 4.81. The van der Waals surface area contributed by atoms with Crippen LogP contribution in [0, 0.1) is 5.82 Å². The molecule has 0 spiro atoms. The minimum absolute atomic E-state index is 0.119. The van der Waals surface area contributed by atoms with Crippen molar-refractivity contribution in [3.8, 4) is 0 Å². The topological polar surface area (TPSA) is 32.7 Å². The number of ether oxygens (including phenoxy) is 1. The van der Waals surface area contributed by atoms with Gasteiger partial charge in [0.25, 0.3) is 0 Å². The van der Waals surface area contributed by atoms with Crippen LogP contribution in [0.4, 0.5) is 10.1 Å². The Morgan fingerprint density at radius 1 is 1.29 bits per heavy atom. The fourth-order valence-electron chi connectivity index (χ4n) is 2.72. The van der Waals surface area contributed by atoms with Gasteiger partial charge < -0.3 is 14.7 Å². The predicted molar refractivity (Wildman–Crippen MR) is 62.4 cm³/mol.